The first-order valence-corrected chi connectivity index (χ1v) is 9.50. The second-order valence-electron chi connectivity index (χ2n) is 6.10. The smallest absolute Gasteiger partial charge is 0.324 e. The Morgan fingerprint density at radius 2 is 1.83 bits per heavy atom. The number of H-pyrrole nitrogens is 1. The van der Waals surface area contributed by atoms with Crippen molar-refractivity contribution in [3.8, 4) is 0 Å². The van der Waals surface area contributed by atoms with Crippen LogP contribution >= 0.6 is 0 Å². The summed E-state index contributed by atoms with van der Waals surface area (Å²) in [6.45, 7) is 8.41. The van der Waals surface area contributed by atoms with E-state index in [-0.39, 0.29) is 6.98 Å². The van der Waals surface area contributed by atoms with Crippen molar-refractivity contribution in [1.29, 1.82) is 0 Å². The van der Waals surface area contributed by atoms with E-state index in [4.69, 9.17) is 0 Å². The van der Waals surface area contributed by atoms with E-state index in [2.05, 4.69) is 85.2 Å². The molecule has 1 N–H and O–H groups in total. The van der Waals surface area contributed by atoms with Crippen molar-refractivity contribution < 1.29 is 0 Å². The molecule has 1 aliphatic heterocycles. The lowest BCUT2D eigenvalue weighted by Gasteiger charge is -2.48. The maximum Gasteiger partial charge on any atom is 0.324 e. The van der Waals surface area contributed by atoms with Gasteiger partial charge >= 0.3 is 23.8 Å². The molecule has 10 heteroatoms. The van der Waals surface area contributed by atoms with Gasteiger partial charge in [0.2, 0.25) is 5.95 Å². The monoisotopic (exact) mass is 339 g/mol. The van der Waals surface area contributed by atoms with Crippen LogP contribution in [0.15, 0.2) is 30.3 Å². The van der Waals surface area contributed by atoms with Crippen molar-refractivity contribution in [3.05, 3.63) is 30.3 Å². The van der Waals surface area contributed by atoms with Crippen LogP contribution < -0.4 is 8.95 Å². The Kier molecular flexibility index (Phi) is 5.57. The van der Waals surface area contributed by atoms with Crippen molar-refractivity contribution in [2.45, 2.75) is 39.8 Å². The molecule has 0 bridgehead atoms. The lowest BCUT2D eigenvalue weighted by molar-refractivity contribution is 0.570. The minimum absolute atomic E-state index is 0.243. The van der Waals surface area contributed by atoms with Crippen LogP contribution in [0.2, 0.25) is 13.6 Å². The molecule has 2 aromatic rings. The van der Waals surface area contributed by atoms with Crippen LogP contribution in [-0.4, -0.2) is 55.7 Å². The third kappa shape index (κ3) is 3.49. The van der Waals surface area contributed by atoms with Crippen molar-refractivity contribution in [2.24, 2.45) is 0 Å². The van der Waals surface area contributed by atoms with Gasteiger partial charge < -0.3 is 13.7 Å². The number of unbranched alkanes of at least 4 members (excludes halogenated alkanes) is 2. The van der Waals surface area contributed by atoms with Crippen molar-refractivity contribution >= 4 is 35.4 Å². The maximum atomic E-state index is 4.21. The summed E-state index contributed by atoms with van der Waals surface area (Å²) in [6.07, 6.45) is 3.69. The Morgan fingerprint density at radius 1 is 1.08 bits per heavy atom. The van der Waals surface area contributed by atoms with E-state index >= 15 is 0 Å². The molecule has 0 unspecified atom stereocenters. The van der Waals surface area contributed by atoms with E-state index in [1.165, 1.54) is 24.9 Å². The zero-order valence-corrected chi connectivity index (χ0v) is 15.6. The number of aromatic nitrogens is 4. The van der Waals surface area contributed by atoms with Gasteiger partial charge in [0.1, 0.15) is 0 Å². The number of tetrazole rings is 1. The molecule has 0 amide bonds. The van der Waals surface area contributed by atoms with Crippen LogP contribution in [0.25, 0.3) is 0 Å². The topological polar surface area (TPSA) is 64.2 Å². The Bertz CT molecular complexity index is 615. The van der Waals surface area contributed by atoms with E-state index in [1.54, 1.807) is 0 Å². The van der Waals surface area contributed by atoms with Gasteiger partial charge in [0, 0.05) is 5.69 Å². The number of nitrogens with one attached hydrogen (secondary N) is 1. The molecule has 0 spiro atoms. The fraction of sp³-hybridized carbons (Fsp3) is 0.500. The number of aromatic amines is 1. The molecule has 3 rings (SSSR count). The van der Waals surface area contributed by atoms with Gasteiger partial charge in [-0.05, 0) is 30.3 Å². The van der Waals surface area contributed by atoms with Crippen molar-refractivity contribution in [3.63, 3.8) is 0 Å². The average Bonchev–Trinajstić information content (AvgIpc) is 3.13. The predicted octanol–water partition coefficient (Wildman–Crippen LogP) is 1.79. The molecule has 2 radical (unpaired) electrons. The fourth-order valence-electron chi connectivity index (χ4n) is 3.14. The Labute approximate surface area is 147 Å². The van der Waals surface area contributed by atoms with E-state index in [0.717, 1.165) is 6.54 Å². The van der Waals surface area contributed by atoms with Crippen molar-refractivity contribution in [2.75, 3.05) is 15.5 Å². The van der Waals surface area contributed by atoms with E-state index < -0.39 is 0 Å². The summed E-state index contributed by atoms with van der Waals surface area (Å²) >= 11 is 0. The molecule has 0 aliphatic carbocycles. The van der Waals surface area contributed by atoms with E-state index in [1.807, 2.05) is 0 Å². The van der Waals surface area contributed by atoms with Crippen LogP contribution in [0.5, 0.6) is 0 Å². The first-order valence-electron chi connectivity index (χ1n) is 8.61. The summed E-state index contributed by atoms with van der Waals surface area (Å²) in [5.74, 6) is 0.661. The number of anilines is 2. The van der Waals surface area contributed by atoms with Crippen molar-refractivity contribution in [1.82, 2.24) is 25.3 Å². The minimum Gasteiger partial charge on any atom is -0.413 e. The van der Waals surface area contributed by atoms with E-state index in [0.29, 0.717) is 22.8 Å². The Balaban J connectivity index is 1.86. The quantitative estimate of drug-likeness (QED) is 0.640. The molecule has 124 valence electrons. The van der Waals surface area contributed by atoms with Crippen LogP contribution in [-0.2, 0) is 0 Å². The van der Waals surface area contributed by atoms with Crippen LogP contribution in [0.4, 0.5) is 11.6 Å². The highest BCUT2D eigenvalue weighted by molar-refractivity contribution is 6.92. The predicted molar refractivity (Wildman–Crippen MR) is 101 cm³/mol. The van der Waals surface area contributed by atoms with Gasteiger partial charge in [0.15, 0.2) is 0 Å². The summed E-state index contributed by atoms with van der Waals surface area (Å²) in [5, 5.41) is 14.7. The highest BCUT2D eigenvalue weighted by Gasteiger charge is 2.43. The second-order valence-corrected chi connectivity index (χ2v) is 7.26. The zero-order chi connectivity index (χ0) is 16.9. The molecule has 1 fully saturated rings. The molecule has 1 aromatic carbocycles. The third-order valence-corrected chi connectivity index (χ3v) is 6.16. The fourth-order valence-corrected chi connectivity index (χ4v) is 4.45. The summed E-state index contributed by atoms with van der Waals surface area (Å²) in [5.41, 5.74) is 1.23. The lowest BCUT2D eigenvalue weighted by atomic mass is 9.61. The third-order valence-electron chi connectivity index (χ3n) is 4.53. The second kappa shape index (κ2) is 7.85. The first-order chi connectivity index (χ1) is 11.7. The molecule has 1 aromatic heterocycles. The lowest BCUT2D eigenvalue weighted by Crippen LogP contribution is -2.72. The van der Waals surface area contributed by atoms with Gasteiger partial charge in [-0.3, -0.25) is 0 Å². The maximum absolute atomic E-state index is 4.21. The van der Waals surface area contributed by atoms with Gasteiger partial charge in [-0.2, -0.15) is 5.21 Å². The number of hydrogen-bond acceptors (Lipinski definition) is 6. The average molecular weight is 339 g/mol. The summed E-state index contributed by atoms with van der Waals surface area (Å²) in [6, 6.07) is 10.6. The summed E-state index contributed by atoms with van der Waals surface area (Å²) in [7, 11) is 0.448. The van der Waals surface area contributed by atoms with E-state index in [9.17, 15) is 0 Å². The number of rotatable bonds is 6. The molecule has 7 nitrogen and oxygen atoms in total. The molecule has 1 aliphatic rings. The molecule has 0 saturated carbocycles. The molecular weight excluding hydrogens is 316 g/mol. The standard InChI is InChI=1S/C14H23B2N7Si/c1-4-5-9-12-21-15(2)22(13-10-7-6-8-11-13)24-23(16(21)3)14-17-19-20-18-14/h6-8,10-11H,4-5,9,12H2,1-3H3,(H,17,18,19,20). The number of hydrogen-bond donors (Lipinski definition) is 1. The van der Waals surface area contributed by atoms with Crippen LogP contribution in [0, 0.1) is 0 Å². The van der Waals surface area contributed by atoms with Crippen LogP contribution in [0.1, 0.15) is 26.2 Å². The number of nitrogens with zero attached hydrogens (tertiary/aromatic N) is 6. The van der Waals surface area contributed by atoms with Gasteiger partial charge in [0.25, 0.3) is 0 Å². The molecular formula is C14H23B2N7Si. The number of benzene rings is 1. The Morgan fingerprint density at radius 3 is 2.50 bits per heavy atom. The summed E-state index contributed by atoms with van der Waals surface area (Å²) in [4.78, 5) is 0. The largest absolute Gasteiger partial charge is 0.413 e. The first kappa shape index (κ1) is 17.0. The molecule has 2 heterocycles. The molecule has 24 heavy (non-hydrogen) atoms. The minimum atomic E-state index is 0.243. The Hall–Kier alpha value is -1.80. The SMILES string of the molecule is CCCCCN1B(C)N(c2ccccc2)[Si]N(c2nn[nH]n2)B1C. The highest BCUT2D eigenvalue weighted by atomic mass is 28.2. The van der Waals surface area contributed by atoms with Gasteiger partial charge in [-0.25, -0.2) is 0 Å². The van der Waals surface area contributed by atoms with Gasteiger partial charge in [-0.1, -0.05) is 56.7 Å². The zero-order valence-electron chi connectivity index (χ0n) is 14.6. The van der Waals surface area contributed by atoms with Gasteiger partial charge in [0.05, 0.1) is 0 Å². The molecule has 1 saturated heterocycles. The summed E-state index contributed by atoms with van der Waals surface area (Å²) < 4.78 is 7.17. The number of para-hydroxylation sites is 1. The highest BCUT2D eigenvalue weighted by Crippen LogP contribution is 2.24. The van der Waals surface area contributed by atoms with Crippen LogP contribution in [0.3, 0.4) is 0 Å². The normalized spacial score (nSPS) is 16.1. The van der Waals surface area contributed by atoms with Gasteiger partial charge in [-0.15, -0.1) is 5.10 Å². The molecule has 0 atom stereocenters.